The van der Waals surface area contributed by atoms with Crippen molar-refractivity contribution in [3.05, 3.63) is 35.4 Å². The third-order valence-electron chi connectivity index (χ3n) is 4.17. The van der Waals surface area contributed by atoms with Crippen molar-refractivity contribution >= 4 is 11.9 Å². The predicted molar refractivity (Wildman–Crippen MR) is 85.4 cm³/mol. The Labute approximate surface area is 139 Å². The summed E-state index contributed by atoms with van der Waals surface area (Å²) in [6.45, 7) is 1.89. The summed E-state index contributed by atoms with van der Waals surface area (Å²) in [6.07, 6.45) is -0.774. The summed E-state index contributed by atoms with van der Waals surface area (Å²) >= 11 is 0. The molecular weight excluding hydrogens is 318 g/mol. The number of carboxylic acid groups (broad SMARTS) is 1. The number of aryl methyl sites for hydroxylation is 1. The van der Waals surface area contributed by atoms with Gasteiger partial charge in [0.1, 0.15) is 0 Å². The average molecular weight is 340 g/mol. The van der Waals surface area contributed by atoms with Gasteiger partial charge in [0.15, 0.2) is 0 Å². The minimum atomic E-state index is -2.35. The van der Waals surface area contributed by atoms with Gasteiger partial charge in [0.25, 0.3) is 6.43 Å². The molecule has 7 heteroatoms. The van der Waals surface area contributed by atoms with Crippen molar-refractivity contribution in [1.29, 1.82) is 0 Å². The maximum atomic E-state index is 12.4. The largest absolute Gasteiger partial charge is 0.478 e. The van der Waals surface area contributed by atoms with Gasteiger partial charge < -0.3 is 10.0 Å². The van der Waals surface area contributed by atoms with E-state index in [-0.39, 0.29) is 18.0 Å². The zero-order valence-electron chi connectivity index (χ0n) is 13.5. The fourth-order valence-electron chi connectivity index (χ4n) is 2.82. The number of carboxylic acids is 1. The fraction of sp³-hybridized carbons (Fsp3) is 0.529. The Hall–Kier alpha value is -2.02. The first-order valence-electron chi connectivity index (χ1n) is 8.06. The normalized spacial score (nSPS) is 16.2. The standard InChI is InChI=1S/C17H22F2N2O3/c18-15(19)12-20-8-1-9-21(11-10-20)16(22)7-4-13-2-5-14(6-3-13)17(23)24/h2-3,5-6,15H,1,4,7-12H2,(H,23,24). The van der Waals surface area contributed by atoms with E-state index in [9.17, 15) is 18.4 Å². The van der Waals surface area contributed by atoms with E-state index >= 15 is 0 Å². The number of amides is 1. The molecule has 1 aliphatic heterocycles. The second-order valence-corrected chi connectivity index (χ2v) is 5.93. The lowest BCUT2D eigenvalue weighted by Gasteiger charge is -2.21. The highest BCUT2D eigenvalue weighted by atomic mass is 19.3. The summed E-state index contributed by atoms with van der Waals surface area (Å²) in [5.74, 6) is -0.966. The van der Waals surface area contributed by atoms with E-state index in [1.807, 2.05) is 0 Å². The Kier molecular flexibility index (Phi) is 6.66. The van der Waals surface area contributed by atoms with Gasteiger partial charge in [0.2, 0.25) is 5.91 Å². The molecule has 1 fully saturated rings. The number of hydrogen-bond donors (Lipinski definition) is 1. The van der Waals surface area contributed by atoms with Crippen LogP contribution in [0.15, 0.2) is 24.3 Å². The van der Waals surface area contributed by atoms with Gasteiger partial charge >= 0.3 is 5.97 Å². The molecule has 1 heterocycles. The molecule has 0 aliphatic carbocycles. The molecule has 1 aromatic carbocycles. The number of rotatable bonds is 6. The molecule has 1 aromatic rings. The van der Waals surface area contributed by atoms with E-state index < -0.39 is 12.4 Å². The fourth-order valence-corrected chi connectivity index (χ4v) is 2.82. The number of carbonyl (C=O) groups excluding carboxylic acids is 1. The van der Waals surface area contributed by atoms with Crippen LogP contribution in [0.1, 0.15) is 28.8 Å². The number of alkyl halides is 2. The maximum absolute atomic E-state index is 12.4. The zero-order chi connectivity index (χ0) is 17.5. The highest BCUT2D eigenvalue weighted by molar-refractivity contribution is 5.87. The Morgan fingerprint density at radius 3 is 2.42 bits per heavy atom. The van der Waals surface area contributed by atoms with E-state index in [4.69, 9.17) is 5.11 Å². The third kappa shape index (κ3) is 5.56. The summed E-state index contributed by atoms with van der Waals surface area (Å²) in [4.78, 5) is 26.5. The molecule has 1 N–H and O–H groups in total. The van der Waals surface area contributed by atoms with Crippen molar-refractivity contribution < 1.29 is 23.5 Å². The predicted octanol–water partition coefficient (Wildman–Crippen LogP) is 2.12. The van der Waals surface area contributed by atoms with Crippen LogP contribution in [0, 0.1) is 0 Å². The van der Waals surface area contributed by atoms with Crippen molar-refractivity contribution in [2.75, 3.05) is 32.7 Å². The van der Waals surface area contributed by atoms with Crippen LogP contribution in [-0.4, -0.2) is 65.9 Å². The molecule has 0 atom stereocenters. The molecule has 5 nitrogen and oxygen atoms in total. The van der Waals surface area contributed by atoms with Gasteiger partial charge in [0, 0.05) is 32.6 Å². The molecule has 0 unspecified atom stereocenters. The third-order valence-corrected chi connectivity index (χ3v) is 4.17. The number of aromatic carboxylic acids is 1. The van der Waals surface area contributed by atoms with Crippen LogP contribution in [0.5, 0.6) is 0 Å². The van der Waals surface area contributed by atoms with Crippen molar-refractivity contribution in [2.45, 2.75) is 25.7 Å². The number of carbonyl (C=O) groups is 2. The monoisotopic (exact) mass is 340 g/mol. The van der Waals surface area contributed by atoms with Gasteiger partial charge in [-0.15, -0.1) is 0 Å². The van der Waals surface area contributed by atoms with Crippen molar-refractivity contribution in [1.82, 2.24) is 9.80 Å². The number of benzene rings is 1. The van der Waals surface area contributed by atoms with Gasteiger partial charge in [-0.2, -0.15) is 0 Å². The highest BCUT2D eigenvalue weighted by Crippen LogP contribution is 2.11. The van der Waals surface area contributed by atoms with E-state index in [0.29, 0.717) is 45.4 Å². The lowest BCUT2D eigenvalue weighted by atomic mass is 10.1. The Balaban J connectivity index is 1.80. The Morgan fingerprint density at radius 1 is 1.08 bits per heavy atom. The van der Waals surface area contributed by atoms with Crippen LogP contribution in [0.2, 0.25) is 0 Å². The van der Waals surface area contributed by atoms with Crippen LogP contribution in [-0.2, 0) is 11.2 Å². The molecule has 1 amide bonds. The van der Waals surface area contributed by atoms with Crippen LogP contribution in [0.4, 0.5) is 8.78 Å². The van der Waals surface area contributed by atoms with E-state index in [0.717, 1.165) is 5.56 Å². The molecule has 0 spiro atoms. The molecule has 1 saturated heterocycles. The van der Waals surface area contributed by atoms with Crippen molar-refractivity contribution in [2.24, 2.45) is 0 Å². The van der Waals surface area contributed by atoms with E-state index in [1.165, 1.54) is 12.1 Å². The summed E-state index contributed by atoms with van der Waals surface area (Å²) in [7, 11) is 0. The highest BCUT2D eigenvalue weighted by Gasteiger charge is 2.20. The van der Waals surface area contributed by atoms with Crippen LogP contribution in [0.3, 0.4) is 0 Å². The second-order valence-electron chi connectivity index (χ2n) is 5.93. The number of hydrogen-bond acceptors (Lipinski definition) is 3. The molecule has 0 aromatic heterocycles. The Morgan fingerprint density at radius 2 is 1.79 bits per heavy atom. The van der Waals surface area contributed by atoms with Crippen molar-refractivity contribution in [3.63, 3.8) is 0 Å². The number of nitrogens with zero attached hydrogens (tertiary/aromatic N) is 2. The van der Waals surface area contributed by atoms with Gasteiger partial charge in [0.05, 0.1) is 12.1 Å². The summed E-state index contributed by atoms with van der Waals surface area (Å²) in [5, 5.41) is 8.85. The summed E-state index contributed by atoms with van der Waals surface area (Å²) in [6, 6.07) is 6.47. The molecule has 0 radical (unpaired) electrons. The van der Waals surface area contributed by atoms with Gasteiger partial charge in [-0.1, -0.05) is 12.1 Å². The first kappa shape index (κ1) is 18.3. The summed E-state index contributed by atoms with van der Waals surface area (Å²) in [5.41, 5.74) is 1.12. The minimum Gasteiger partial charge on any atom is -0.478 e. The molecule has 0 saturated carbocycles. The lowest BCUT2D eigenvalue weighted by molar-refractivity contribution is -0.131. The molecule has 132 valence electrons. The second kappa shape index (κ2) is 8.73. The quantitative estimate of drug-likeness (QED) is 0.862. The zero-order valence-corrected chi connectivity index (χ0v) is 13.5. The minimum absolute atomic E-state index is 0.0104. The molecule has 1 aliphatic rings. The molecular formula is C17H22F2N2O3. The molecule has 24 heavy (non-hydrogen) atoms. The topological polar surface area (TPSA) is 60.9 Å². The van der Waals surface area contributed by atoms with E-state index in [1.54, 1.807) is 21.9 Å². The molecule has 0 bridgehead atoms. The SMILES string of the molecule is O=C(O)c1ccc(CCC(=O)N2CCCN(CC(F)F)CC2)cc1. The number of halogens is 2. The van der Waals surface area contributed by atoms with E-state index in [2.05, 4.69) is 0 Å². The van der Waals surface area contributed by atoms with Crippen LogP contribution < -0.4 is 0 Å². The van der Waals surface area contributed by atoms with Gasteiger partial charge in [-0.05, 0) is 30.5 Å². The summed E-state index contributed by atoms with van der Waals surface area (Å²) < 4.78 is 24.9. The Bertz CT molecular complexity index is 563. The average Bonchev–Trinajstić information content (AvgIpc) is 2.78. The molecule has 2 rings (SSSR count). The van der Waals surface area contributed by atoms with Crippen LogP contribution >= 0.6 is 0 Å². The maximum Gasteiger partial charge on any atom is 0.335 e. The van der Waals surface area contributed by atoms with Gasteiger partial charge in [-0.25, -0.2) is 13.6 Å². The van der Waals surface area contributed by atoms with Crippen LogP contribution in [0.25, 0.3) is 0 Å². The smallest absolute Gasteiger partial charge is 0.335 e. The first-order chi connectivity index (χ1) is 11.5. The lowest BCUT2D eigenvalue weighted by Crippen LogP contribution is -2.36. The first-order valence-corrected chi connectivity index (χ1v) is 8.06. The van der Waals surface area contributed by atoms with Gasteiger partial charge in [-0.3, -0.25) is 9.69 Å². The van der Waals surface area contributed by atoms with Crippen molar-refractivity contribution in [3.8, 4) is 0 Å².